The minimum Gasteiger partial charge on any atom is -0.324 e. The molecule has 0 saturated carbocycles. The zero-order valence-corrected chi connectivity index (χ0v) is 15.9. The molecule has 1 amide bonds. The molecule has 0 bridgehead atoms. The highest BCUT2D eigenvalue weighted by Crippen LogP contribution is 2.34. The Morgan fingerprint density at radius 3 is 2.32 bits per heavy atom. The van der Waals surface area contributed by atoms with E-state index in [1.807, 2.05) is 23.1 Å². The van der Waals surface area contributed by atoms with E-state index in [1.165, 1.54) is 23.8 Å². The minimum absolute atomic E-state index is 0.189. The van der Waals surface area contributed by atoms with E-state index in [0.29, 0.717) is 5.92 Å². The van der Waals surface area contributed by atoms with E-state index in [-0.39, 0.29) is 5.69 Å². The summed E-state index contributed by atoms with van der Waals surface area (Å²) in [5, 5.41) is 2.46. The van der Waals surface area contributed by atoms with Crippen LogP contribution in [0.1, 0.15) is 30.9 Å². The van der Waals surface area contributed by atoms with Gasteiger partial charge < -0.3 is 5.32 Å². The molecule has 0 radical (unpaired) electrons. The van der Waals surface area contributed by atoms with Crippen LogP contribution in [0, 0.1) is 5.92 Å². The number of nitrogens with one attached hydrogen (secondary N) is 1. The van der Waals surface area contributed by atoms with Crippen LogP contribution in [0.3, 0.4) is 0 Å². The van der Waals surface area contributed by atoms with Crippen LogP contribution in [-0.2, 0) is 17.4 Å². The predicted octanol–water partition coefficient (Wildman–Crippen LogP) is 4.99. The minimum atomic E-state index is -4.50. The number of hydrogen-bond donors (Lipinski definition) is 1. The number of alkyl halides is 3. The topological polar surface area (TPSA) is 32.3 Å². The first-order chi connectivity index (χ1) is 13.3. The smallest absolute Gasteiger partial charge is 0.324 e. The van der Waals surface area contributed by atoms with Gasteiger partial charge >= 0.3 is 6.18 Å². The van der Waals surface area contributed by atoms with Gasteiger partial charge in [0.1, 0.15) is 0 Å². The lowest BCUT2D eigenvalue weighted by atomic mass is 9.89. The van der Waals surface area contributed by atoms with E-state index in [4.69, 9.17) is 0 Å². The predicted molar refractivity (Wildman–Crippen MR) is 104 cm³/mol. The zero-order valence-electron chi connectivity index (χ0n) is 15.9. The third kappa shape index (κ3) is 5.13. The Morgan fingerprint density at radius 1 is 1.07 bits per heavy atom. The third-order valence-electron chi connectivity index (χ3n) is 5.43. The number of benzene rings is 2. The standard InChI is InChI=1S/C22H25F3N2O/c1-16(21(28)26-20-10-6-5-9-19(20)22(23,24)25)27-13-11-18(12-14-27)15-17-7-3-2-4-8-17/h2-10,16,18H,11-15H2,1H3,(H,26,28). The molecule has 1 aliphatic rings. The molecule has 1 saturated heterocycles. The maximum atomic E-state index is 13.1. The van der Waals surface area contributed by atoms with Crippen LogP contribution in [0.25, 0.3) is 0 Å². The van der Waals surface area contributed by atoms with Crippen LogP contribution in [0.2, 0.25) is 0 Å². The molecule has 0 aliphatic carbocycles. The monoisotopic (exact) mass is 390 g/mol. The van der Waals surface area contributed by atoms with Crippen LogP contribution in [0.4, 0.5) is 18.9 Å². The zero-order chi connectivity index (χ0) is 20.1. The summed E-state index contributed by atoms with van der Waals surface area (Å²) in [6, 6.07) is 14.9. The number of halogens is 3. The molecule has 0 spiro atoms. The Hall–Kier alpha value is -2.34. The molecule has 28 heavy (non-hydrogen) atoms. The van der Waals surface area contributed by atoms with E-state index in [1.54, 1.807) is 6.92 Å². The van der Waals surface area contributed by atoms with Gasteiger partial charge in [-0.05, 0) is 62.9 Å². The number of likely N-dealkylation sites (tertiary alicyclic amines) is 1. The largest absolute Gasteiger partial charge is 0.418 e. The van der Waals surface area contributed by atoms with Crippen LogP contribution < -0.4 is 5.32 Å². The van der Waals surface area contributed by atoms with Crippen molar-refractivity contribution in [2.75, 3.05) is 18.4 Å². The molecule has 1 N–H and O–H groups in total. The van der Waals surface area contributed by atoms with E-state index in [2.05, 4.69) is 17.4 Å². The third-order valence-corrected chi connectivity index (χ3v) is 5.43. The van der Waals surface area contributed by atoms with E-state index >= 15 is 0 Å². The average Bonchev–Trinajstić information content (AvgIpc) is 2.68. The molecule has 0 aromatic heterocycles. The highest BCUT2D eigenvalue weighted by Gasteiger charge is 2.34. The molecule has 2 aromatic carbocycles. The molecule has 3 rings (SSSR count). The average molecular weight is 390 g/mol. The molecule has 150 valence electrons. The van der Waals surface area contributed by atoms with Gasteiger partial charge in [-0.25, -0.2) is 0 Å². The van der Waals surface area contributed by atoms with Gasteiger partial charge in [0.25, 0.3) is 0 Å². The second-order valence-corrected chi connectivity index (χ2v) is 7.38. The summed E-state index contributed by atoms with van der Waals surface area (Å²) in [7, 11) is 0. The number of carbonyl (C=O) groups excluding carboxylic acids is 1. The Morgan fingerprint density at radius 2 is 1.68 bits per heavy atom. The highest BCUT2D eigenvalue weighted by molar-refractivity contribution is 5.95. The van der Waals surface area contributed by atoms with Gasteiger partial charge in [-0.2, -0.15) is 13.2 Å². The molecule has 1 heterocycles. The number of anilines is 1. The summed E-state index contributed by atoms with van der Waals surface area (Å²) in [6.45, 7) is 3.29. The Labute approximate surface area is 163 Å². The van der Waals surface area contributed by atoms with Crippen molar-refractivity contribution in [1.82, 2.24) is 4.90 Å². The molecule has 1 aliphatic heterocycles. The molecular weight excluding hydrogens is 365 g/mol. The molecule has 2 aromatic rings. The van der Waals surface area contributed by atoms with E-state index < -0.39 is 23.7 Å². The summed E-state index contributed by atoms with van der Waals surface area (Å²) in [4.78, 5) is 14.6. The van der Waals surface area contributed by atoms with Gasteiger partial charge in [0, 0.05) is 0 Å². The van der Waals surface area contributed by atoms with Crippen LogP contribution >= 0.6 is 0 Å². The highest BCUT2D eigenvalue weighted by atomic mass is 19.4. The molecule has 6 heteroatoms. The molecule has 1 fully saturated rings. The lowest BCUT2D eigenvalue weighted by Crippen LogP contribution is -2.46. The fraction of sp³-hybridized carbons (Fsp3) is 0.409. The number of hydrogen-bond acceptors (Lipinski definition) is 2. The summed E-state index contributed by atoms with van der Waals surface area (Å²) in [5.74, 6) is 0.165. The normalized spacial score (nSPS) is 17.3. The maximum Gasteiger partial charge on any atom is 0.418 e. The number of nitrogens with zero attached hydrogens (tertiary/aromatic N) is 1. The van der Waals surface area contributed by atoms with Crippen LogP contribution in [0.5, 0.6) is 0 Å². The van der Waals surface area contributed by atoms with Crippen molar-refractivity contribution in [3.63, 3.8) is 0 Å². The van der Waals surface area contributed by atoms with E-state index in [9.17, 15) is 18.0 Å². The van der Waals surface area contributed by atoms with Crippen molar-refractivity contribution in [3.05, 3.63) is 65.7 Å². The number of carbonyl (C=O) groups is 1. The summed E-state index contributed by atoms with van der Waals surface area (Å²) in [6.07, 6.45) is -1.52. The summed E-state index contributed by atoms with van der Waals surface area (Å²) < 4.78 is 39.3. The Balaban J connectivity index is 1.55. The number of amides is 1. The lowest BCUT2D eigenvalue weighted by Gasteiger charge is -2.35. The lowest BCUT2D eigenvalue weighted by molar-refractivity contribution is -0.137. The van der Waals surface area contributed by atoms with Gasteiger partial charge in [-0.15, -0.1) is 0 Å². The number of rotatable bonds is 5. The first-order valence-electron chi connectivity index (χ1n) is 9.59. The van der Waals surface area contributed by atoms with Crippen molar-refractivity contribution >= 4 is 11.6 Å². The number of para-hydroxylation sites is 1. The molecule has 1 unspecified atom stereocenters. The van der Waals surface area contributed by atoms with Gasteiger partial charge in [0.05, 0.1) is 17.3 Å². The van der Waals surface area contributed by atoms with Crippen molar-refractivity contribution in [1.29, 1.82) is 0 Å². The van der Waals surface area contributed by atoms with Crippen molar-refractivity contribution in [2.24, 2.45) is 5.92 Å². The quantitative estimate of drug-likeness (QED) is 0.780. The van der Waals surface area contributed by atoms with Gasteiger partial charge in [-0.1, -0.05) is 42.5 Å². The summed E-state index contributed by atoms with van der Waals surface area (Å²) in [5.41, 5.74) is 0.304. The first kappa shape index (κ1) is 20.4. The fourth-order valence-electron chi connectivity index (χ4n) is 3.73. The summed E-state index contributed by atoms with van der Waals surface area (Å²) >= 11 is 0. The van der Waals surface area contributed by atoms with Crippen molar-refractivity contribution in [3.8, 4) is 0 Å². The van der Waals surface area contributed by atoms with Gasteiger partial charge in [0.2, 0.25) is 5.91 Å². The molecule has 3 nitrogen and oxygen atoms in total. The maximum absolute atomic E-state index is 13.1. The van der Waals surface area contributed by atoms with Crippen LogP contribution in [-0.4, -0.2) is 29.9 Å². The first-order valence-corrected chi connectivity index (χ1v) is 9.59. The number of piperidine rings is 1. The Kier molecular flexibility index (Phi) is 6.39. The molecule has 1 atom stereocenters. The van der Waals surface area contributed by atoms with Crippen LogP contribution in [0.15, 0.2) is 54.6 Å². The van der Waals surface area contributed by atoms with E-state index in [0.717, 1.165) is 38.4 Å². The SMILES string of the molecule is CC(C(=O)Nc1ccccc1C(F)(F)F)N1CCC(Cc2ccccc2)CC1. The van der Waals surface area contributed by atoms with Gasteiger partial charge in [0.15, 0.2) is 0 Å². The Bertz CT molecular complexity index is 784. The molecular formula is C22H25F3N2O. The second kappa shape index (κ2) is 8.78. The van der Waals surface area contributed by atoms with Crippen molar-refractivity contribution in [2.45, 2.75) is 38.4 Å². The van der Waals surface area contributed by atoms with Crippen molar-refractivity contribution < 1.29 is 18.0 Å². The second-order valence-electron chi connectivity index (χ2n) is 7.38. The van der Waals surface area contributed by atoms with Gasteiger partial charge in [-0.3, -0.25) is 9.69 Å². The fourth-order valence-corrected chi connectivity index (χ4v) is 3.73.